The molecule has 0 aliphatic rings. The standard InChI is InChI=1S/C15H25ClN2/c1-4-8-18(12-15(2,3)11-17)10-13-6-5-7-14(16)9-13/h5-7,9H,4,8,10-12,17H2,1-3H3. The molecule has 1 aromatic carbocycles. The smallest absolute Gasteiger partial charge is 0.0409 e. The third-order valence-corrected chi connectivity index (χ3v) is 3.27. The highest BCUT2D eigenvalue weighted by Gasteiger charge is 2.19. The molecule has 2 N–H and O–H groups in total. The summed E-state index contributed by atoms with van der Waals surface area (Å²) in [4.78, 5) is 2.46. The maximum atomic E-state index is 6.03. The molecule has 0 aliphatic heterocycles. The van der Waals surface area contributed by atoms with Crippen LogP contribution in [0.25, 0.3) is 0 Å². The first-order valence-corrected chi connectivity index (χ1v) is 7.01. The summed E-state index contributed by atoms with van der Waals surface area (Å²) in [5.41, 5.74) is 7.25. The lowest BCUT2D eigenvalue weighted by atomic mass is 9.93. The molecule has 0 unspecified atom stereocenters. The molecule has 0 atom stereocenters. The number of hydrogen-bond donors (Lipinski definition) is 1. The summed E-state index contributed by atoms with van der Waals surface area (Å²) in [5, 5.41) is 0.807. The zero-order valence-electron chi connectivity index (χ0n) is 11.7. The molecule has 0 heterocycles. The van der Waals surface area contributed by atoms with Gasteiger partial charge in [0.05, 0.1) is 0 Å². The zero-order valence-corrected chi connectivity index (χ0v) is 12.5. The SMILES string of the molecule is CCCN(Cc1cccc(Cl)c1)CC(C)(C)CN. The highest BCUT2D eigenvalue weighted by molar-refractivity contribution is 6.30. The van der Waals surface area contributed by atoms with E-state index in [2.05, 4.69) is 31.7 Å². The van der Waals surface area contributed by atoms with Crippen molar-refractivity contribution < 1.29 is 0 Å². The Balaban J connectivity index is 2.68. The Hall–Kier alpha value is -0.570. The minimum absolute atomic E-state index is 0.160. The summed E-state index contributed by atoms with van der Waals surface area (Å²) in [5.74, 6) is 0. The zero-order chi connectivity index (χ0) is 13.6. The van der Waals surface area contributed by atoms with Crippen molar-refractivity contribution in [3.05, 3.63) is 34.9 Å². The summed E-state index contributed by atoms with van der Waals surface area (Å²) < 4.78 is 0. The van der Waals surface area contributed by atoms with E-state index in [0.717, 1.165) is 31.1 Å². The number of nitrogens with zero attached hydrogens (tertiary/aromatic N) is 1. The van der Waals surface area contributed by atoms with E-state index in [-0.39, 0.29) is 5.41 Å². The highest BCUT2D eigenvalue weighted by Crippen LogP contribution is 2.18. The summed E-state index contributed by atoms with van der Waals surface area (Å²) in [6.45, 7) is 10.4. The van der Waals surface area contributed by atoms with Gasteiger partial charge in [-0.3, -0.25) is 4.90 Å². The van der Waals surface area contributed by atoms with Crippen molar-refractivity contribution in [3.63, 3.8) is 0 Å². The summed E-state index contributed by atoms with van der Waals surface area (Å²) in [7, 11) is 0. The number of halogens is 1. The molecule has 1 rings (SSSR count). The first kappa shape index (κ1) is 15.5. The van der Waals surface area contributed by atoms with Crippen LogP contribution in [-0.2, 0) is 6.54 Å². The van der Waals surface area contributed by atoms with Gasteiger partial charge in [-0.1, -0.05) is 44.5 Å². The van der Waals surface area contributed by atoms with Crippen LogP contribution in [0.3, 0.4) is 0 Å². The van der Waals surface area contributed by atoms with Crippen LogP contribution < -0.4 is 5.73 Å². The van der Waals surface area contributed by atoms with Crippen LogP contribution in [0.15, 0.2) is 24.3 Å². The molecule has 0 amide bonds. The van der Waals surface area contributed by atoms with Crippen molar-refractivity contribution in [2.45, 2.75) is 33.7 Å². The summed E-state index contributed by atoms with van der Waals surface area (Å²) in [6.07, 6.45) is 1.15. The number of hydrogen-bond acceptors (Lipinski definition) is 2. The Morgan fingerprint density at radius 2 is 2.06 bits per heavy atom. The highest BCUT2D eigenvalue weighted by atomic mass is 35.5. The lowest BCUT2D eigenvalue weighted by Crippen LogP contribution is -2.38. The van der Waals surface area contributed by atoms with E-state index in [4.69, 9.17) is 17.3 Å². The predicted octanol–water partition coefficient (Wildman–Crippen LogP) is 3.54. The molecular weight excluding hydrogens is 244 g/mol. The van der Waals surface area contributed by atoms with Crippen LogP contribution in [0, 0.1) is 5.41 Å². The molecule has 18 heavy (non-hydrogen) atoms. The molecule has 0 spiro atoms. The topological polar surface area (TPSA) is 29.3 Å². The van der Waals surface area contributed by atoms with E-state index in [1.165, 1.54) is 5.56 Å². The van der Waals surface area contributed by atoms with Crippen molar-refractivity contribution in [2.75, 3.05) is 19.6 Å². The fourth-order valence-corrected chi connectivity index (χ4v) is 2.31. The quantitative estimate of drug-likeness (QED) is 0.820. The van der Waals surface area contributed by atoms with Gasteiger partial charge in [0.2, 0.25) is 0 Å². The minimum Gasteiger partial charge on any atom is -0.330 e. The van der Waals surface area contributed by atoms with Crippen LogP contribution >= 0.6 is 11.6 Å². The van der Waals surface area contributed by atoms with Gasteiger partial charge in [-0.05, 0) is 42.6 Å². The average Bonchev–Trinajstić information content (AvgIpc) is 2.29. The Morgan fingerprint density at radius 1 is 1.33 bits per heavy atom. The Labute approximate surface area is 116 Å². The third-order valence-electron chi connectivity index (χ3n) is 3.04. The minimum atomic E-state index is 0.160. The van der Waals surface area contributed by atoms with E-state index in [0.29, 0.717) is 6.54 Å². The van der Waals surface area contributed by atoms with Gasteiger partial charge >= 0.3 is 0 Å². The lowest BCUT2D eigenvalue weighted by molar-refractivity contribution is 0.176. The molecule has 0 saturated carbocycles. The van der Waals surface area contributed by atoms with Crippen molar-refractivity contribution in [3.8, 4) is 0 Å². The fourth-order valence-electron chi connectivity index (χ4n) is 2.09. The second kappa shape index (κ2) is 7.13. The van der Waals surface area contributed by atoms with E-state index in [9.17, 15) is 0 Å². The second-order valence-electron chi connectivity index (χ2n) is 5.71. The van der Waals surface area contributed by atoms with Crippen LogP contribution in [-0.4, -0.2) is 24.5 Å². The largest absolute Gasteiger partial charge is 0.330 e. The van der Waals surface area contributed by atoms with Gasteiger partial charge in [-0.2, -0.15) is 0 Å². The molecule has 3 heteroatoms. The molecule has 102 valence electrons. The molecule has 1 aromatic rings. The second-order valence-corrected chi connectivity index (χ2v) is 6.15. The van der Waals surface area contributed by atoms with E-state index < -0.39 is 0 Å². The molecule has 0 aliphatic carbocycles. The van der Waals surface area contributed by atoms with Crippen molar-refractivity contribution in [1.82, 2.24) is 4.90 Å². The van der Waals surface area contributed by atoms with Gasteiger partial charge in [-0.15, -0.1) is 0 Å². The van der Waals surface area contributed by atoms with Crippen LogP contribution in [0.1, 0.15) is 32.8 Å². The molecule has 0 bridgehead atoms. The lowest BCUT2D eigenvalue weighted by Gasteiger charge is -2.31. The average molecular weight is 269 g/mol. The predicted molar refractivity (Wildman–Crippen MR) is 79.9 cm³/mol. The molecular formula is C15H25ClN2. The summed E-state index contributed by atoms with van der Waals surface area (Å²) in [6, 6.07) is 8.10. The maximum absolute atomic E-state index is 6.03. The van der Waals surface area contributed by atoms with Crippen LogP contribution in [0.4, 0.5) is 0 Å². The van der Waals surface area contributed by atoms with E-state index in [1.54, 1.807) is 0 Å². The molecule has 0 saturated heterocycles. The van der Waals surface area contributed by atoms with Gasteiger partial charge in [0.25, 0.3) is 0 Å². The normalized spacial score (nSPS) is 12.1. The summed E-state index contributed by atoms with van der Waals surface area (Å²) >= 11 is 6.03. The van der Waals surface area contributed by atoms with Crippen LogP contribution in [0.2, 0.25) is 5.02 Å². The maximum Gasteiger partial charge on any atom is 0.0409 e. The number of rotatable bonds is 7. The van der Waals surface area contributed by atoms with Crippen LogP contribution in [0.5, 0.6) is 0 Å². The monoisotopic (exact) mass is 268 g/mol. The van der Waals surface area contributed by atoms with Gasteiger partial charge in [-0.25, -0.2) is 0 Å². The molecule has 0 aromatic heterocycles. The number of nitrogens with two attached hydrogens (primary N) is 1. The van der Waals surface area contributed by atoms with Crippen molar-refractivity contribution >= 4 is 11.6 Å². The van der Waals surface area contributed by atoms with E-state index >= 15 is 0 Å². The molecule has 0 radical (unpaired) electrons. The van der Waals surface area contributed by atoms with Crippen molar-refractivity contribution in [2.24, 2.45) is 11.1 Å². The molecule has 2 nitrogen and oxygen atoms in total. The first-order valence-electron chi connectivity index (χ1n) is 6.64. The van der Waals surface area contributed by atoms with Gasteiger partial charge in [0.15, 0.2) is 0 Å². The van der Waals surface area contributed by atoms with Gasteiger partial charge < -0.3 is 5.73 Å². The van der Waals surface area contributed by atoms with E-state index in [1.807, 2.05) is 18.2 Å². The van der Waals surface area contributed by atoms with Crippen molar-refractivity contribution in [1.29, 1.82) is 0 Å². The Morgan fingerprint density at radius 3 is 2.61 bits per heavy atom. The fraction of sp³-hybridized carbons (Fsp3) is 0.600. The van der Waals surface area contributed by atoms with Gasteiger partial charge in [0.1, 0.15) is 0 Å². The third kappa shape index (κ3) is 5.38. The first-order chi connectivity index (χ1) is 8.46. The molecule has 0 fully saturated rings. The Bertz CT molecular complexity index is 363. The number of benzene rings is 1. The Kier molecular flexibility index (Phi) is 6.13. The van der Waals surface area contributed by atoms with Gasteiger partial charge in [0, 0.05) is 18.1 Å².